The van der Waals surface area contributed by atoms with E-state index in [1.165, 1.54) is 19.3 Å². The normalized spacial score (nSPS) is 19.8. The summed E-state index contributed by atoms with van der Waals surface area (Å²) in [7, 11) is 0. The summed E-state index contributed by atoms with van der Waals surface area (Å²) < 4.78 is 5.26. The number of para-hydroxylation sites is 1. The summed E-state index contributed by atoms with van der Waals surface area (Å²) in [5, 5.41) is 2.91. The first-order valence-electron chi connectivity index (χ1n) is 9.04. The topological polar surface area (TPSA) is 58.6 Å². The molecule has 0 aromatic heterocycles. The third-order valence-electron chi connectivity index (χ3n) is 5.04. The lowest BCUT2D eigenvalue weighted by atomic mass is 9.87. The van der Waals surface area contributed by atoms with E-state index in [0.29, 0.717) is 11.7 Å². The van der Waals surface area contributed by atoms with E-state index in [-0.39, 0.29) is 12.0 Å². The van der Waals surface area contributed by atoms with E-state index < -0.39 is 6.09 Å². The van der Waals surface area contributed by atoms with Crippen LogP contribution in [0.4, 0.5) is 4.79 Å². The van der Waals surface area contributed by atoms with E-state index in [0.717, 1.165) is 38.8 Å². The van der Waals surface area contributed by atoms with Crippen molar-refractivity contribution in [1.82, 2.24) is 10.2 Å². The largest absolute Gasteiger partial charge is 0.412 e. The van der Waals surface area contributed by atoms with Crippen molar-refractivity contribution >= 4 is 12.0 Å². The second-order valence-electron chi connectivity index (χ2n) is 6.78. The second kappa shape index (κ2) is 8.18. The first kappa shape index (κ1) is 16.8. The number of hydrogen-bond acceptors (Lipinski definition) is 3. The molecule has 1 saturated heterocycles. The fraction of sp³-hybridized carbons (Fsp3) is 0.579. The van der Waals surface area contributed by atoms with Gasteiger partial charge in [-0.25, -0.2) is 4.79 Å². The maximum absolute atomic E-state index is 12.5. The highest BCUT2D eigenvalue weighted by molar-refractivity contribution is 5.79. The highest BCUT2D eigenvalue weighted by Crippen LogP contribution is 2.26. The average Bonchev–Trinajstić information content (AvgIpc) is 2.63. The second-order valence-corrected chi connectivity index (χ2v) is 6.78. The van der Waals surface area contributed by atoms with Crippen LogP contribution in [0.1, 0.15) is 44.9 Å². The van der Waals surface area contributed by atoms with Crippen molar-refractivity contribution in [3.63, 3.8) is 0 Å². The molecule has 24 heavy (non-hydrogen) atoms. The van der Waals surface area contributed by atoms with Crippen LogP contribution < -0.4 is 10.1 Å². The van der Waals surface area contributed by atoms with Gasteiger partial charge in [-0.1, -0.05) is 37.5 Å². The van der Waals surface area contributed by atoms with Gasteiger partial charge in [0.1, 0.15) is 5.75 Å². The fourth-order valence-electron chi connectivity index (χ4n) is 3.64. The van der Waals surface area contributed by atoms with Crippen LogP contribution >= 0.6 is 0 Å². The summed E-state index contributed by atoms with van der Waals surface area (Å²) >= 11 is 0. The van der Waals surface area contributed by atoms with Gasteiger partial charge in [-0.05, 0) is 37.8 Å². The minimum Gasteiger partial charge on any atom is -0.410 e. The number of amides is 2. The molecule has 1 heterocycles. The van der Waals surface area contributed by atoms with Crippen molar-refractivity contribution in [2.75, 3.05) is 13.1 Å². The molecule has 2 aliphatic rings. The Labute approximate surface area is 143 Å². The van der Waals surface area contributed by atoms with Crippen molar-refractivity contribution in [2.45, 2.75) is 51.0 Å². The summed E-state index contributed by atoms with van der Waals surface area (Å²) in [6.45, 7) is 1.46. The molecule has 1 aromatic carbocycles. The van der Waals surface area contributed by atoms with E-state index in [1.807, 2.05) is 23.1 Å². The molecule has 130 valence electrons. The smallest absolute Gasteiger partial charge is 0.410 e. The monoisotopic (exact) mass is 330 g/mol. The highest BCUT2D eigenvalue weighted by Gasteiger charge is 2.29. The van der Waals surface area contributed by atoms with Crippen LogP contribution in [0.25, 0.3) is 0 Å². The number of benzene rings is 1. The predicted molar refractivity (Wildman–Crippen MR) is 91.8 cm³/mol. The standard InChI is InChI=1S/C19H26N2O3/c22-18(15-7-3-1-4-8-15)21-13-11-16(12-14-21)20-19(23)24-17-9-5-2-6-10-17/h2,5-6,9-10,15-16H,1,3-4,7-8,11-14H2,(H,20,23). The van der Waals surface area contributed by atoms with Crippen molar-refractivity contribution in [1.29, 1.82) is 0 Å². The minimum absolute atomic E-state index is 0.0802. The number of hydrogen-bond donors (Lipinski definition) is 1. The Morgan fingerprint density at radius 1 is 0.958 bits per heavy atom. The molecule has 2 fully saturated rings. The molecule has 3 rings (SSSR count). The average molecular weight is 330 g/mol. The Bertz CT molecular complexity index is 547. The molecule has 0 spiro atoms. The molecular weight excluding hydrogens is 304 g/mol. The van der Waals surface area contributed by atoms with Crippen LogP contribution in [0.3, 0.4) is 0 Å². The molecular formula is C19H26N2O3. The van der Waals surface area contributed by atoms with Crippen LogP contribution in [0.2, 0.25) is 0 Å². The summed E-state index contributed by atoms with van der Waals surface area (Å²) in [5.74, 6) is 1.09. The molecule has 1 aromatic rings. The number of piperidine rings is 1. The van der Waals surface area contributed by atoms with E-state index in [4.69, 9.17) is 4.74 Å². The summed E-state index contributed by atoms with van der Waals surface area (Å²) in [4.78, 5) is 26.4. The molecule has 0 unspecified atom stereocenters. The number of nitrogens with zero attached hydrogens (tertiary/aromatic N) is 1. The molecule has 5 heteroatoms. The van der Waals surface area contributed by atoms with Crippen molar-refractivity contribution < 1.29 is 14.3 Å². The Hall–Kier alpha value is -2.04. The van der Waals surface area contributed by atoms with Gasteiger partial charge in [0.2, 0.25) is 5.91 Å². The lowest BCUT2D eigenvalue weighted by molar-refractivity contribution is -0.137. The number of nitrogens with one attached hydrogen (secondary N) is 1. The molecule has 5 nitrogen and oxygen atoms in total. The zero-order valence-corrected chi connectivity index (χ0v) is 14.1. The number of carbonyl (C=O) groups excluding carboxylic acids is 2. The number of rotatable bonds is 3. The SMILES string of the molecule is O=C(NC1CCN(C(=O)C2CCCCC2)CC1)Oc1ccccc1. The number of ether oxygens (including phenoxy) is 1. The Morgan fingerprint density at radius 3 is 2.29 bits per heavy atom. The first-order chi connectivity index (χ1) is 11.7. The summed E-state index contributed by atoms with van der Waals surface area (Å²) in [5.41, 5.74) is 0. The van der Waals surface area contributed by atoms with Gasteiger partial charge in [0.15, 0.2) is 0 Å². The Morgan fingerprint density at radius 2 is 1.62 bits per heavy atom. The van der Waals surface area contributed by atoms with Gasteiger partial charge >= 0.3 is 6.09 Å². The zero-order valence-electron chi connectivity index (χ0n) is 14.1. The molecule has 0 radical (unpaired) electrons. The van der Waals surface area contributed by atoms with Crippen LogP contribution in [-0.4, -0.2) is 36.0 Å². The first-order valence-corrected chi connectivity index (χ1v) is 9.04. The molecule has 0 bridgehead atoms. The zero-order chi connectivity index (χ0) is 16.8. The predicted octanol–water partition coefficient (Wildman–Crippen LogP) is 3.35. The van der Waals surface area contributed by atoms with Gasteiger partial charge in [-0.3, -0.25) is 4.79 Å². The lowest BCUT2D eigenvalue weighted by Gasteiger charge is -2.35. The van der Waals surface area contributed by atoms with Crippen LogP contribution in [-0.2, 0) is 4.79 Å². The van der Waals surface area contributed by atoms with E-state index >= 15 is 0 Å². The van der Waals surface area contributed by atoms with Gasteiger partial charge in [-0.15, -0.1) is 0 Å². The summed E-state index contributed by atoms with van der Waals surface area (Å²) in [6.07, 6.45) is 6.88. The van der Waals surface area contributed by atoms with Crippen molar-refractivity contribution in [3.8, 4) is 5.75 Å². The van der Waals surface area contributed by atoms with E-state index in [1.54, 1.807) is 12.1 Å². The maximum Gasteiger partial charge on any atom is 0.412 e. The fourth-order valence-corrected chi connectivity index (χ4v) is 3.64. The van der Waals surface area contributed by atoms with E-state index in [9.17, 15) is 9.59 Å². The molecule has 1 aliphatic carbocycles. The molecule has 0 atom stereocenters. The van der Waals surface area contributed by atoms with Gasteiger partial charge < -0.3 is 15.0 Å². The van der Waals surface area contributed by atoms with Crippen molar-refractivity contribution in [3.05, 3.63) is 30.3 Å². The van der Waals surface area contributed by atoms with Crippen LogP contribution in [0, 0.1) is 5.92 Å². The highest BCUT2D eigenvalue weighted by atomic mass is 16.6. The van der Waals surface area contributed by atoms with Gasteiger partial charge in [0, 0.05) is 25.0 Å². The van der Waals surface area contributed by atoms with Crippen LogP contribution in [0.15, 0.2) is 30.3 Å². The summed E-state index contributed by atoms with van der Waals surface area (Å²) in [6, 6.07) is 9.13. The third-order valence-corrected chi connectivity index (χ3v) is 5.04. The van der Waals surface area contributed by atoms with Gasteiger partial charge in [-0.2, -0.15) is 0 Å². The van der Waals surface area contributed by atoms with E-state index in [2.05, 4.69) is 5.32 Å². The Kier molecular flexibility index (Phi) is 5.72. The lowest BCUT2D eigenvalue weighted by Crippen LogP contribution is -2.48. The van der Waals surface area contributed by atoms with Gasteiger partial charge in [0.05, 0.1) is 0 Å². The Balaban J connectivity index is 1.41. The maximum atomic E-state index is 12.5. The quantitative estimate of drug-likeness (QED) is 0.924. The third kappa shape index (κ3) is 4.49. The molecule has 2 amide bonds. The molecule has 1 aliphatic heterocycles. The van der Waals surface area contributed by atoms with Gasteiger partial charge in [0.25, 0.3) is 0 Å². The number of likely N-dealkylation sites (tertiary alicyclic amines) is 1. The van der Waals surface area contributed by atoms with Crippen LogP contribution in [0.5, 0.6) is 5.75 Å². The molecule has 1 saturated carbocycles. The van der Waals surface area contributed by atoms with Crippen molar-refractivity contribution in [2.24, 2.45) is 5.92 Å². The molecule has 1 N–H and O–H groups in total. The minimum atomic E-state index is -0.418. The number of carbonyl (C=O) groups is 2.